The molecular weight excluding hydrogens is 372 g/mol. The fraction of sp³-hybridized carbons (Fsp3) is 0.467. The number of fused-ring (bicyclic) bond motifs is 1. The molecule has 1 aromatic carbocycles. The van der Waals surface area contributed by atoms with E-state index >= 15 is 0 Å². The van der Waals surface area contributed by atoms with Crippen molar-refractivity contribution < 1.29 is 22.0 Å². The maximum absolute atomic E-state index is 14.3. The minimum absolute atomic E-state index is 0.0644. The summed E-state index contributed by atoms with van der Waals surface area (Å²) in [4.78, 5) is 19.1. The second-order valence-electron chi connectivity index (χ2n) is 6.17. The number of aliphatic imine (C=N–C) groups is 1. The van der Waals surface area contributed by atoms with Gasteiger partial charge in [0.15, 0.2) is 15.0 Å². The van der Waals surface area contributed by atoms with Gasteiger partial charge in [0.25, 0.3) is 0 Å². The van der Waals surface area contributed by atoms with E-state index in [-0.39, 0.29) is 28.9 Å². The molecule has 0 spiro atoms. The van der Waals surface area contributed by atoms with Crippen molar-refractivity contribution in [2.45, 2.75) is 12.1 Å². The number of carbonyl (C=O) groups is 1. The number of halogens is 2. The monoisotopic (exact) mass is 389 g/mol. The number of anilines is 1. The number of sulfone groups is 1. The van der Waals surface area contributed by atoms with Crippen LogP contribution in [-0.4, -0.2) is 67.8 Å². The van der Waals surface area contributed by atoms with Gasteiger partial charge < -0.3 is 9.80 Å². The summed E-state index contributed by atoms with van der Waals surface area (Å²) in [6.07, 6.45) is 0. The van der Waals surface area contributed by atoms with E-state index in [9.17, 15) is 22.0 Å². The van der Waals surface area contributed by atoms with Gasteiger partial charge >= 0.3 is 0 Å². The number of amidine groups is 1. The zero-order valence-electron chi connectivity index (χ0n) is 13.6. The number of benzene rings is 1. The topological polar surface area (TPSA) is 70.0 Å². The van der Waals surface area contributed by atoms with Gasteiger partial charge in [0.05, 0.1) is 35.0 Å². The number of hydrogen-bond donors (Lipinski definition) is 0. The highest BCUT2D eigenvalue weighted by Crippen LogP contribution is 2.36. The van der Waals surface area contributed by atoms with Crippen LogP contribution in [0.1, 0.15) is 0 Å². The molecule has 0 aliphatic carbocycles. The molecule has 0 saturated carbocycles. The van der Waals surface area contributed by atoms with Crippen molar-refractivity contribution >= 4 is 38.4 Å². The highest BCUT2D eigenvalue weighted by Gasteiger charge is 2.47. The smallest absolute Gasteiger partial charge is 0.232 e. The summed E-state index contributed by atoms with van der Waals surface area (Å²) in [7, 11) is -0.0191. The molecule has 1 fully saturated rings. The van der Waals surface area contributed by atoms with Crippen LogP contribution in [0.15, 0.2) is 23.2 Å². The Morgan fingerprint density at radius 1 is 1.36 bits per heavy atom. The molecule has 1 amide bonds. The number of rotatable bonds is 3. The van der Waals surface area contributed by atoms with Crippen molar-refractivity contribution in [2.75, 3.05) is 36.3 Å². The Kier molecular flexibility index (Phi) is 4.76. The van der Waals surface area contributed by atoms with Crippen LogP contribution in [-0.2, 0) is 14.6 Å². The molecule has 1 aromatic rings. The van der Waals surface area contributed by atoms with Gasteiger partial charge in [-0.3, -0.25) is 9.79 Å². The molecule has 3 rings (SSSR count). The van der Waals surface area contributed by atoms with Crippen molar-refractivity contribution in [3.8, 4) is 0 Å². The predicted octanol–water partition coefficient (Wildman–Crippen LogP) is 1.13. The normalized spacial score (nSPS) is 24.2. The highest BCUT2D eigenvalue weighted by atomic mass is 32.2. The third-order valence-electron chi connectivity index (χ3n) is 4.10. The Morgan fingerprint density at radius 3 is 2.72 bits per heavy atom. The van der Waals surface area contributed by atoms with Crippen LogP contribution >= 0.6 is 11.8 Å². The van der Waals surface area contributed by atoms with E-state index in [4.69, 9.17) is 0 Å². The van der Waals surface area contributed by atoms with Gasteiger partial charge in [0.1, 0.15) is 11.6 Å². The fourth-order valence-electron chi connectivity index (χ4n) is 2.85. The molecule has 0 radical (unpaired) electrons. The van der Waals surface area contributed by atoms with Crippen LogP contribution in [0.3, 0.4) is 0 Å². The van der Waals surface area contributed by atoms with Crippen LogP contribution in [0.2, 0.25) is 0 Å². The van der Waals surface area contributed by atoms with E-state index in [1.54, 1.807) is 14.1 Å². The predicted molar refractivity (Wildman–Crippen MR) is 93.7 cm³/mol. The number of nitrogens with zero attached hydrogens (tertiary/aromatic N) is 3. The quantitative estimate of drug-likeness (QED) is 0.775. The summed E-state index contributed by atoms with van der Waals surface area (Å²) in [6, 6.07) is 2.08. The molecule has 2 heterocycles. The van der Waals surface area contributed by atoms with Crippen molar-refractivity contribution in [3.63, 3.8) is 0 Å². The lowest BCUT2D eigenvalue weighted by molar-refractivity contribution is -0.125. The summed E-state index contributed by atoms with van der Waals surface area (Å²) < 4.78 is 51.3. The molecular formula is C15H17F2N3O3S2. The van der Waals surface area contributed by atoms with Crippen LogP contribution < -0.4 is 4.90 Å². The van der Waals surface area contributed by atoms with Gasteiger partial charge in [0.2, 0.25) is 5.91 Å². The van der Waals surface area contributed by atoms with Gasteiger partial charge in [-0.2, -0.15) is 0 Å². The molecule has 0 bridgehead atoms. The standard InChI is InChI=1S/C15H17F2N3O3S2/c1-19(2)14(21)6-24-15-18-11-7-25(22,23)8-13(11)20(15)12-4-3-9(16)5-10(12)17/h3-5,11,13H,6-8H2,1-2H3. The summed E-state index contributed by atoms with van der Waals surface area (Å²) >= 11 is 1.12. The summed E-state index contributed by atoms with van der Waals surface area (Å²) in [6.45, 7) is 0. The van der Waals surface area contributed by atoms with Gasteiger partial charge in [-0.25, -0.2) is 17.2 Å². The van der Waals surface area contributed by atoms with Crippen molar-refractivity contribution in [1.82, 2.24) is 4.90 Å². The Labute approximate surface area is 148 Å². The molecule has 136 valence electrons. The van der Waals surface area contributed by atoms with E-state index in [2.05, 4.69) is 4.99 Å². The first-order chi connectivity index (χ1) is 11.7. The lowest BCUT2D eigenvalue weighted by atomic mass is 10.1. The largest absolute Gasteiger partial charge is 0.348 e. The van der Waals surface area contributed by atoms with Crippen molar-refractivity contribution in [3.05, 3.63) is 29.8 Å². The van der Waals surface area contributed by atoms with Crippen LogP contribution in [0.4, 0.5) is 14.5 Å². The summed E-state index contributed by atoms with van der Waals surface area (Å²) in [5.41, 5.74) is 0.0644. The van der Waals surface area contributed by atoms with Crippen LogP contribution in [0.25, 0.3) is 0 Å². The van der Waals surface area contributed by atoms with E-state index in [1.165, 1.54) is 15.9 Å². The molecule has 0 aromatic heterocycles. The second kappa shape index (κ2) is 6.56. The number of thioether (sulfide) groups is 1. The summed E-state index contributed by atoms with van der Waals surface area (Å²) in [5, 5.41) is 0.380. The zero-order chi connectivity index (χ0) is 18.4. The van der Waals surface area contributed by atoms with Gasteiger partial charge in [-0.05, 0) is 12.1 Å². The zero-order valence-corrected chi connectivity index (χ0v) is 15.3. The Morgan fingerprint density at radius 2 is 2.08 bits per heavy atom. The van der Waals surface area contributed by atoms with Crippen molar-refractivity contribution in [1.29, 1.82) is 0 Å². The van der Waals surface area contributed by atoms with Gasteiger partial charge in [-0.15, -0.1) is 0 Å². The third kappa shape index (κ3) is 3.64. The molecule has 2 aliphatic heterocycles. The Bertz CT molecular complexity index is 842. The Balaban J connectivity index is 1.93. The van der Waals surface area contributed by atoms with Crippen LogP contribution in [0.5, 0.6) is 0 Å². The van der Waals surface area contributed by atoms with Gasteiger partial charge in [-0.1, -0.05) is 11.8 Å². The first kappa shape index (κ1) is 18.1. The Hall–Kier alpha value is -1.68. The minimum Gasteiger partial charge on any atom is -0.348 e. The maximum atomic E-state index is 14.3. The first-order valence-corrected chi connectivity index (χ1v) is 10.3. The van der Waals surface area contributed by atoms with Crippen LogP contribution in [0, 0.1) is 11.6 Å². The molecule has 0 N–H and O–H groups in total. The second-order valence-corrected chi connectivity index (χ2v) is 9.26. The molecule has 2 aliphatic rings. The maximum Gasteiger partial charge on any atom is 0.232 e. The third-order valence-corrected chi connectivity index (χ3v) is 6.75. The molecule has 10 heteroatoms. The molecule has 1 saturated heterocycles. The van der Waals surface area contributed by atoms with E-state index in [1.807, 2.05) is 0 Å². The number of amides is 1. The first-order valence-electron chi connectivity index (χ1n) is 7.53. The molecule has 6 nitrogen and oxygen atoms in total. The SMILES string of the molecule is CN(C)C(=O)CSC1=NC2CS(=O)(=O)CC2N1c1ccc(F)cc1F. The average Bonchev–Trinajstić information content (AvgIpc) is 2.96. The summed E-state index contributed by atoms with van der Waals surface area (Å²) in [5.74, 6) is -1.82. The number of carbonyl (C=O) groups excluding carboxylic acids is 1. The lowest BCUT2D eigenvalue weighted by Gasteiger charge is -2.27. The minimum atomic E-state index is -3.27. The fourth-order valence-corrected chi connectivity index (χ4v) is 5.79. The lowest BCUT2D eigenvalue weighted by Crippen LogP contribution is -2.40. The van der Waals surface area contributed by atoms with E-state index in [0.717, 1.165) is 23.9 Å². The van der Waals surface area contributed by atoms with E-state index < -0.39 is 33.6 Å². The van der Waals surface area contributed by atoms with E-state index in [0.29, 0.717) is 5.17 Å². The number of hydrogen-bond acceptors (Lipinski definition) is 6. The average molecular weight is 389 g/mol. The molecule has 25 heavy (non-hydrogen) atoms. The molecule has 2 atom stereocenters. The van der Waals surface area contributed by atoms with Gasteiger partial charge in [0, 0.05) is 20.2 Å². The van der Waals surface area contributed by atoms with Crippen molar-refractivity contribution in [2.24, 2.45) is 4.99 Å². The highest BCUT2D eigenvalue weighted by molar-refractivity contribution is 8.14. The molecule has 2 unspecified atom stereocenters.